The van der Waals surface area contributed by atoms with Crippen LogP contribution in [-0.2, 0) is 0 Å². The summed E-state index contributed by atoms with van der Waals surface area (Å²) >= 11 is 0. The summed E-state index contributed by atoms with van der Waals surface area (Å²) in [5, 5.41) is 8.89. The molecule has 106 valence electrons. The third-order valence-corrected chi connectivity index (χ3v) is 3.20. The molecule has 0 fully saturated rings. The normalized spacial score (nSPS) is 10.5. The van der Waals surface area contributed by atoms with Crippen LogP contribution in [0.4, 0.5) is 0 Å². The molecule has 0 unspecified atom stereocenters. The van der Waals surface area contributed by atoms with Crippen LogP contribution in [0, 0.1) is 0 Å². The Kier molecular flexibility index (Phi) is 4.96. The van der Waals surface area contributed by atoms with E-state index >= 15 is 0 Å². The first-order chi connectivity index (χ1) is 9.77. The highest BCUT2D eigenvalue weighted by Crippen LogP contribution is 2.25. The molecule has 0 bridgehead atoms. The molecule has 0 radical (unpaired) electrons. The average Bonchev–Trinajstić information content (AvgIpc) is 2.98. The number of carbonyl (C=O) groups is 1. The van der Waals surface area contributed by atoms with E-state index in [9.17, 15) is 4.79 Å². The van der Waals surface area contributed by atoms with Crippen LogP contribution in [0.25, 0.3) is 11.1 Å². The van der Waals surface area contributed by atoms with Crippen molar-refractivity contribution in [2.45, 2.75) is 13.3 Å². The van der Waals surface area contributed by atoms with Crippen molar-refractivity contribution >= 4 is 5.91 Å². The highest BCUT2D eigenvalue weighted by molar-refractivity contribution is 5.98. The Labute approximate surface area is 118 Å². The lowest BCUT2D eigenvalue weighted by Gasteiger charge is -2.19. The van der Waals surface area contributed by atoms with E-state index in [2.05, 4.69) is 0 Å². The zero-order valence-electron chi connectivity index (χ0n) is 11.6. The predicted molar refractivity (Wildman–Crippen MR) is 77.4 cm³/mol. The van der Waals surface area contributed by atoms with E-state index in [1.54, 1.807) is 4.90 Å². The number of nitrogens with zero attached hydrogens (tertiary/aromatic N) is 1. The van der Waals surface area contributed by atoms with Crippen LogP contribution >= 0.6 is 0 Å². The zero-order chi connectivity index (χ0) is 14.4. The van der Waals surface area contributed by atoms with E-state index in [1.807, 2.05) is 43.3 Å². The van der Waals surface area contributed by atoms with Gasteiger partial charge < -0.3 is 14.4 Å². The number of furan rings is 1. The van der Waals surface area contributed by atoms with Crippen molar-refractivity contribution < 1.29 is 14.3 Å². The monoisotopic (exact) mass is 273 g/mol. The van der Waals surface area contributed by atoms with Crippen molar-refractivity contribution in [3.05, 3.63) is 48.4 Å². The maximum atomic E-state index is 12.5. The van der Waals surface area contributed by atoms with Gasteiger partial charge in [-0.25, -0.2) is 0 Å². The second kappa shape index (κ2) is 6.91. The van der Waals surface area contributed by atoms with E-state index in [1.165, 1.54) is 6.26 Å². The molecule has 1 aromatic carbocycles. The maximum absolute atomic E-state index is 12.5. The first-order valence-corrected chi connectivity index (χ1v) is 6.81. The minimum Gasteiger partial charge on any atom is -0.459 e. The van der Waals surface area contributed by atoms with Crippen LogP contribution in [0.2, 0.25) is 0 Å². The fourth-order valence-corrected chi connectivity index (χ4v) is 2.13. The second-order valence-corrected chi connectivity index (χ2v) is 4.49. The fraction of sp³-hybridized carbons (Fsp3) is 0.312. The molecule has 1 heterocycles. The van der Waals surface area contributed by atoms with Gasteiger partial charge in [-0.05, 0) is 25.0 Å². The van der Waals surface area contributed by atoms with Crippen LogP contribution < -0.4 is 0 Å². The van der Waals surface area contributed by atoms with Gasteiger partial charge in [-0.3, -0.25) is 4.79 Å². The van der Waals surface area contributed by atoms with E-state index in [4.69, 9.17) is 9.52 Å². The first-order valence-electron chi connectivity index (χ1n) is 6.81. The Hall–Kier alpha value is -2.07. The van der Waals surface area contributed by atoms with Crippen LogP contribution in [0.15, 0.2) is 47.1 Å². The minimum atomic E-state index is -0.134. The summed E-state index contributed by atoms with van der Waals surface area (Å²) in [6.07, 6.45) is 2.11. The largest absolute Gasteiger partial charge is 0.459 e. The van der Waals surface area contributed by atoms with Gasteiger partial charge in [0.1, 0.15) is 0 Å². The highest BCUT2D eigenvalue weighted by Gasteiger charge is 2.21. The number of amides is 1. The Bertz CT molecular complexity index is 548. The third kappa shape index (κ3) is 3.08. The van der Waals surface area contributed by atoms with Gasteiger partial charge >= 0.3 is 0 Å². The number of carbonyl (C=O) groups excluding carboxylic acids is 1. The fourth-order valence-electron chi connectivity index (χ4n) is 2.13. The second-order valence-electron chi connectivity index (χ2n) is 4.49. The van der Waals surface area contributed by atoms with E-state index < -0.39 is 0 Å². The topological polar surface area (TPSA) is 53.7 Å². The van der Waals surface area contributed by atoms with Crippen LogP contribution in [0.1, 0.15) is 23.9 Å². The van der Waals surface area contributed by atoms with Gasteiger partial charge in [-0.15, -0.1) is 0 Å². The molecule has 20 heavy (non-hydrogen) atoms. The van der Waals surface area contributed by atoms with E-state index in [0.29, 0.717) is 25.3 Å². The molecule has 1 N–H and O–H groups in total. The van der Waals surface area contributed by atoms with Crippen molar-refractivity contribution in [2.75, 3.05) is 19.7 Å². The zero-order valence-corrected chi connectivity index (χ0v) is 11.6. The molecule has 4 nitrogen and oxygen atoms in total. The van der Waals surface area contributed by atoms with Gasteiger partial charge in [0.25, 0.3) is 5.91 Å². The Morgan fingerprint density at radius 3 is 2.65 bits per heavy atom. The quantitative estimate of drug-likeness (QED) is 0.880. The molecule has 1 aromatic heterocycles. The van der Waals surface area contributed by atoms with Crippen molar-refractivity contribution in [1.29, 1.82) is 0 Å². The average molecular weight is 273 g/mol. The summed E-state index contributed by atoms with van der Waals surface area (Å²) in [5.41, 5.74) is 1.76. The Balaban J connectivity index is 2.25. The summed E-state index contributed by atoms with van der Waals surface area (Å²) in [6.45, 7) is 3.11. The van der Waals surface area contributed by atoms with Gasteiger partial charge in [-0.1, -0.05) is 30.3 Å². The molecular formula is C16H19NO3. The van der Waals surface area contributed by atoms with Crippen molar-refractivity contribution in [1.82, 2.24) is 4.90 Å². The summed E-state index contributed by atoms with van der Waals surface area (Å²) in [6, 6.07) is 11.5. The van der Waals surface area contributed by atoms with Crippen molar-refractivity contribution in [3.8, 4) is 11.1 Å². The molecule has 4 heteroatoms. The summed E-state index contributed by atoms with van der Waals surface area (Å²) < 4.78 is 5.39. The smallest absolute Gasteiger partial charge is 0.290 e. The highest BCUT2D eigenvalue weighted by atomic mass is 16.3. The summed E-state index contributed by atoms with van der Waals surface area (Å²) in [5.74, 6) is 0.223. The van der Waals surface area contributed by atoms with Crippen LogP contribution in [-0.4, -0.2) is 35.6 Å². The van der Waals surface area contributed by atoms with Gasteiger partial charge in [0.05, 0.1) is 6.26 Å². The molecule has 0 saturated heterocycles. The molecule has 0 aliphatic rings. The molecule has 0 aliphatic carbocycles. The summed E-state index contributed by atoms with van der Waals surface area (Å²) in [7, 11) is 0. The van der Waals surface area contributed by atoms with Crippen LogP contribution in [0.3, 0.4) is 0 Å². The molecular weight excluding hydrogens is 254 g/mol. The minimum absolute atomic E-state index is 0.0769. The lowest BCUT2D eigenvalue weighted by Crippen LogP contribution is -2.32. The number of hydrogen-bond acceptors (Lipinski definition) is 3. The van der Waals surface area contributed by atoms with Gasteiger partial charge in [-0.2, -0.15) is 0 Å². The lowest BCUT2D eigenvalue weighted by atomic mass is 10.1. The Morgan fingerprint density at radius 1 is 1.25 bits per heavy atom. The van der Waals surface area contributed by atoms with E-state index in [-0.39, 0.29) is 12.5 Å². The lowest BCUT2D eigenvalue weighted by molar-refractivity contribution is 0.0723. The molecule has 1 amide bonds. The number of hydrogen-bond donors (Lipinski definition) is 1. The molecule has 0 atom stereocenters. The molecule has 0 spiro atoms. The van der Waals surface area contributed by atoms with Crippen LogP contribution in [0.5, 0.6) is 0 Å². The van der Waals surface area contributed by atoms with Crippen molar-refractivity contribution in [2.24, 2.45) is 0 Å². The maximum Gasteiger partial charge on any atom is 0.290 e. The van der Waals surface area contributed by atoms with E-state index in [0.717, 1.165) is 11.1 Å². The predicted octanol–water partition coefficient (Wildman–Crippen LogP) is 2.79. The number of aliphatic hydroxyl groups is 1. The first kappa shape index (κ1) is 14.3. The number of benzene rings is 1. The number of aliphatic hydroxyl groups excluding tert-OH is 1. The molecule has 0 aliphatic heterocycles. The SMILES string of the molecule is CCN(CCCO)C(=O)c1occc1-c1ccccc1. The van der Waals surface area contributed by atoms with Crippen molar-refractivity contribution in [3.63, 3.8) is 0 Å². The van der Waals surface area contributed by atoms with Gasteiger partial charge in [0.15, 0.2) is 5.76 Å². The Morgan fingerprint density at radius 2 is 2.00 bits per heavy atom. The standard InChI is InChI=1S/C16H19NO3/c1-2-17(10-6-11-18)16(19)15-14(9-12-20-15)13-7-4-3-5-8-13/h3-5,7-9,12,18H,2,6,10-11H2,1H3. The molecule has 2 aromatic rings. The van der Waals surface area contributed by atoms with Gasteiger partial charge in [0.2, 0.25) is 0 Å². The number of rotatable bonds is 6. The summed E-state index contributed by atoms with van der Waals surface area (Å²) in [4.78, 5) is 14.2. The molecule has 2 rings (SSSR count). The molecule has 0 saturated carbocycles. The van der Waals surface area contributed by atoms with Gasteiger partial charge in [0, 0.05) is 25.3 Å². The third-order valence-electron chi connectivity index (χ3n) is 3.20.